The number of carbonyl (C=O) groups is 1. The van der Waals surface area contributed by atoms with Gasteiger partial charge in [-0.15, -0.1) is 0 Å². The molecular weight excluding hydrogens is 330 g/mol. The summed E-state index contributed by atoms with van der Waals surface area (Å²) in [5.74, 6) is 1.73. The lowest BCUT2D eigenvalue weighted by Crippen LogP contribution is -2.15. The van der Waals surface area contributed by atoms with Crippen molar-refractivity contribution < 1.29 is 4.79 Å². The van der Waals surface area contributed by atoms with Gasteiger partial charge in [0.05, 0.1) is 11.4 Å². The van der Waals surface area contributed by atoms with Crippen LogP contribution in [0.4, 0.5) is 5.69 Å². The first-order valence-electron chi connectivity index (χ1n) is 7.24. The quantitative estimate of drug-likeness (QED) is 0.593. The van der Waals surface area contributed by atoms with Crippen molar-refractivity contribution in [3.63, 3.8) is 0 Å². The molecular formula is C16H19N3O2S2. The van der Waals surface area contributed by atoms with Gasteiger partial charge in [-0.1, -0.05) is 36.4 Å². The molecule has 1 amide bonds. The Kier molecular flexibility index (Phi) is 6.73. The Labute approximate surface area is 143 Å². The topological polar surface area (TPSA) is 74.8 Å². The standard InChI is InChI=1S/C16H19N3O2S2/c1-3-22-9-13-8-14(20)19-16(18-13)23-10-15(21)17-12-6-4-11(2)5-7-12/h4-8H,3,9-10H2,1-2H3,(H,17,21)(H,18,19,20). The minimum atomic E-state index is -0.187. The summed E-state index contributed by atoms with van der Waals surface area (Å²) in [5.41, 5.74) is 2.45. The van der Waals surface area contributed by atoms with Crippen LogP contribution < -0.4 is 10.9 Å². The van der Waals surface area contributed by atoms with E-state index in [1.54, 1.807) is 11.8 Å². The van der Waals surface area contributed by atoms with Crippen molar-refractivity contribution in [3.05, 3.63) is 51.9 Å². The lowest BCUT2D eigenvalue weighted by molar-refractivity contribution is -0.113. The molecule has 0 aliphatic heterocycles. The molecule has 0 radical (unpaired) electrons. The number of rotatable bonds is 7. The summed E-state index contributed by atoms with van der Waals surface area (Å²) >= 11 is 2.93. The van der Waals surface area contributed by atoms with Gasteiger partial charge in [0, 0.05) is 17.5 Å². The van der Waals surface area contributed by atoms with E-state index < -0.39 is 0 Å². The molecule has 5 nitrogen and oxygen atoms in total. The molecule has 122 valence electrons. The summed E-state index contributed by atoms with van der Waals surface area (Å²) in [6.07, 6.45) is 0. The SMILES string of the molecule is CCSCc1cc(=O)[nH]c(SCC(=O)Nc2ccc(C)cc2)n1. The van der Waals surface area contributed by atoms with E-state index in [1.807, 2.05) is 31.2 Å². The van der Waals surface area contributed by atoms with Gasteiger partial charge in [0.15, 0.2) is 5.16 Å². The Morgan fingerprint density at radius 2 is 2.04 bits per heavy atom. The monoisotopic (exact) mass is 349 g/mol. The molecule has 0 saturated heterocycles. The minimum absolute atomic E-state index is 0.130. The molecule has 1 heterocycles. The number of benzene rings is 1. The summed E-state index contributed by atoms with van der Waals surface area (Å²) in [6, 6.07) is 9.10. The van der Waals surface area contributed by atoms with Gasteiger partial charge in [0.1, 0.15) is 0 Å². The van der Waals surface area contributed by atoms with E-state index in [0.29, 0.717) is 10.9 Å². The summed E-state index contributed by atoms with van der Waals surface area (Å²) in [7, 11) is 0. The van der Waals surface area contributed by atoms with Crippen molar-refractivity contribution in [2.45, 2.75) is 24.8 Å². The van der Waals surface area contributed by atoms with E-state index in [4.69, 9.17) is 0 Å². The third-order valence-corrected chi connectivity index (χ3v) is 4.68. The van der Waals surface area contributed by atoms with Crippen LogP contribution in [0.3, 0.4) is 0 Å². The molecule has 0 aliphatic rings. The Bertz CT molecular complexity index is 714. The van der Waals surface area contributed by atoms with Gasteiger partial charge in [-0.25, -0.2) is 4.98 Å². The predicted molar refractivity (Wildman–Crippen MR) is 97.2 cm³/mol. The predicted octanol–water partition coefficient (Wildman–Crippen LogP) is 3.06. The van der Waals surface area contributed by atoms with Crippen LogP contribution in [-0.4, -0.2) is 27.4 Å². The van der Waals surface area contributed by atoms with Crippen LogP contribution in [0.5, 0.6) is 0 Å². The molecule has 1 aromatic carbocycles. The Balaban J connectivity index is 1.91. The summed E-state index contributed by atoms with van der Waals surface area (Å²) in [4.78, 5) is 30.6. The van der Waals surface area contributed by atoms with Gasteiger partial charge < -0.3 is 10.3 Å². The number of amides is 1. The highest BCUT2D eigenvalue weighted by molar-refractivity contribution is 7.99. The molecule has 2 aromatic rings. The number of nitrogens with one attached hydrogen (secondary N) is 2. The van der Waals surface area contributed by atoms with Crippen molar-refractivity contribution in [2.75, 3.05) is 16.8 Å². The average Bonchev–Trinajstić information content (AvgIpc) is 2.53. The minimum Gasteiger partial charge on any atom is -0.325 e. The highest BCUT2D eigenvalue weighted by atomic mass is 32.2. The summed E-state index contributed by atoms with van der Waals surface area (Å²) < 4.78 is 0. The number of hydrogen-bond donors (Lipinski definition) is 2. The number of H-pyrrole nitrogens is 1. The van der Waals surface area contributed by atoms with Crippen LogP contribution in [0.1, 0.15) is 18.2 Å². The Morgan fingerprint density at radius 3 is 2.74 bits per heavy atom. The van der Waals surface area contributed by atoms with Gasteiger partial charge in [-0.2, -0.15) is 11.8 Å². The van der Waals surface area contributed by atoms with Crippen LogP contribution in [0.15, 0.2) is 40.3 Å². The smallest absolute Gasteiger partial charge is 0.251 e. The molecule has 2 rings (SSSR count). The lowest BCUT2D eigenvalue weighted by Gasteiger charge is -2.06. The number of anilines is 1. The third-order valence-electron chi connectivity index (χ3n) is 2.90. The molecule has 7 heteroatoms. The molecule has 0 spiro atoms. The van der Waals surface area contributed by atoms with Gasteiger partial charge in [-0.05, 0) is 24.8 Å². The fraction of sp³-hybridized carbons (Fsp3) is 0.312. The number of nitrogens with zero attached hydrogens (tertiary/aromatic N) is 1. The number of aryl methyl sites for hydroxylation is 1. The number of hydrogen-bond acceptors (Lipinski definition) is 5. The zero-order valence-electron chi connectivity index (χ0n) is 13.1. The van der Waals surface area contributed by atoms with Gasteiger partial charge >= 0.3 is 0 Å². The second-order valence-electron chi connectivity index (χ2n) is 4.88. The first-order chi connectivity index (χ1) is 11.1. The van der Waals surface area contributed by atoms with Crippen molar-refractivity contribution in [1.82, 2.24) is 9.97 Å². The average molecular weight is 349 g/mol. The molecule has 0 fully saturated rings. The maximum atomic E-state index is 12.0. The normalized spacial score (nSPS) is 10.5. The Hall–Kier alpha value is -1.73. The molecule has 2 N–H and O–H groups in total. The highest BCUT2D eigenvalue weighted by Crippen LogP contribution is 2.15. The van der Waals surface area contributed by atoms with Crippen molar-refractivity contribution in [1.29, 1.82) is 0 Å². The number of aromatic amines is 1. The van der Waals surface area contributed by atoms with E-state index in [1.165, 1.54) is 17.8 Å². The van der Waals surface area contributed by atoms with E-state index >= 15 is 0 Å². The molecule has 23 heavy (non-hydrogen) atoms. The van der Waals surface area contributed by atoms with E-state index in [0.717, 1.165) is 22.7 Å². The van der Waals surface area contributed by atoms with E-state index in [2.05, 4.69) is 22.2 Å². The summed E-state index contributed by atoms with van der Waals surface area (Å²) in [6.45, 7) is 4.05. The second kappa shape index (κ2) is 8.79. The zero-order valence-corrected chi connectivity index (χ0v) is 14.7. The van der Waals surface area contributed by atoms with Crippen molar-refractivity contribution in [2.24, 2.45) is 0 Å². The number of thioether (sulfide) groups is 2. The first-order valence-corrected chi connectivity index (χ1v) is 9.38. The van der Waals surface area contributed by atoms with Crippen LogP contribution in [0.2, 0.25) is 0 Å². The zero-order chi connectivity index (χ0) is 16.7. The largest absolute Gasteiger partial charge is 0.325 e. The molecule has 0 bridgehead atoms. The third kappa shape index (κ3) is 6.11. The van der Waals surface area contributed by atoms with Gasteiger partial charge in [0.2, 0.25) is 5.91 Å². The highest BCUT2D eigenvalue weighted by Gasteiger charge is 2.07. The maximum absolute atomic E-state index is 12.0. The lowest BCUT2D eigenvalue weighted by atomic mass is 10.2. The molecule has 0 atom stereocenters. The molecule has 0 aliphatic carbocycles. The van der Waals surface area contributed by atoms with E-state index in [-0.39, 0.29) is 17.2 Å². The summed E-state index contributed by atoms with van der Waals surface area (Å²) in [5, 5.41) is 3.29. The second-order valence-corrected chi connectivity index (χ2v) is 7.12. The van der Waals surface area contributed by atoms with E-state index in [9.17, 15) is 9.59 Å². The van der Waals surface area contributed by atoms with Crippen LogP contribution >= 0.6 is 23.5 Å². The Morgan fingerprint density at radius 1 is 1.30 bits per heavy atom. The molecule has 1 aromatic heterocycles. The van der Waals surface area contributed by atoms with Crippen LogP contribution in [0.25, 0.3) is 0 Å². The number of aromatic nitrogens is 2. The van der Waals surface area contributed by atoms with Crippen molar-refractivity contribution >= 4 is 35.1 Å². The van der Waals surface area contributed by atoms with Gasteiger partial charge in [-0.3, -0.25) is 9.59 Å². The van der Waals surface area contributed by atoms with Gasteiger partial charge in [0.25, 0.3) is 5.56 Å². The molecule has 0 saturated carbocycles. The van der Waals surface area contributed by atoms with Crippen LogP contribution in [-0.2, 0) is 10.5 Å². The number of carbonyl (C=O) groups excluding carboxylic acids is 1. The van der Waals surface area contributed by atoms with Crippen molar-refractivity contribution in [3.8, 4) is 0 Å². The first kappa shape index (κ1) is 17.6. The maximum Gasteiger partial charge on any atom is 0.251 e. The fourth-order valence-corrected chi connectivity index (χ4v) is 3.06. The van der Waals surface area contributed by atoms with Crippen LogP contribution in [0, 0.1) is 6.92 Å². The fourth-order valence-electron chi connectivity index (χ4n) is 1.80. The molecule has 0 unspecified atom stereocenters.